The number of carbonyl (C=O) groups is 2. The van der Waals surface area contributed by atoms with E-state index in [2.05, 4.69) is 0 Å². The van der Waals surface area contributed by atoms with E-state index >= 15 is 0 Å². The SMILES string of the molecule is CN(C)c1cc(C(=O)O)c(N(C)C)c(C(=O)c2ccccc2)c1.[KH]. The molecule has 2 aromatic rings. The second-order valence-electron chi connectivity index (χ2n) is 5.68. The minimum atomic E-state index is -1.06. The molecule has 122 valence electrons. The minimum absolute atomic E-state index is 0. The van der Waals surface area contributed by atoms with Crippen LogP contribution in [0.3, 0.4) is 0 Å². The first-order valence-corrected chi connectivity index (χ1v) is 7.18. The van der Waals surface area contributed by atoms with E-state index in [9.17, 15) is 14.7 Å². The van der Waals surface area contributed by atoms with Gasteiger partial charge in [-0.2, -0.15) is 0 Å². The van der Waals surface area contributed by atoms with Gasteiger partial charge in [0.15, 0.2) is 5.78 Å². The number of carboxylic acid groups (broad SMARTS) is 1. The summed E-state index contributed by atoms with van der Waals surface area (Å²) < 4.78 is 0. The first kappa shape index (κ1) is 20.9. The molecule has 2 aromatic carbocycles. The molecule has 0 aliphatic heterocycles. The maximum absolute atomic E-state index is 12.9. The molecule has 0 saturated heterocycles. The van der Waals surface area contributed by atoms with Gasteiger partial charge in [0.2, 0.25) is 0 Å². The Balaban J connectivity index is 0.00000288. The Kier molecular flexibility index (Phi) is 7.63. The average molecular weight is 352 g/mol. The summed E-state index contributed by atoms with van der Waals surface area (Å²) in [5.41, 5.74) is 2.11. The van der Waals surface area contributed by atoms with Crippen molar-refractivity contribution in [1.29, 1.82) is 0 Å². The molecule has 24 heavy (non-hydrogen) atoms. The summed E-state index contributed by atoms with van der Waals surface area (Å²) in [6, 6.07) is 12.2. The molecule has 0 unspecified atom stereocenters. The molecule has 0 spiro atoms. The van der Waals surface area contributed by atoms with Gasteiger partial charge in [-0.1, -0.05) is 30.3 Å². The molecule has 0 radical (unpaired) electrons. The number of rotatable bonds is 5. The average Bonchev–Trinajstić information content (AvgIpc) is 2.53. The number of ketones is 1. The zero-order valence-electron chi connectivity index (χ0n) is 13.7. The molecular formula is C18H21KN2O3. The zero-order chi connectivity index (χ0) is 17.1. The molecule has 0 aliphatic rings. The van der Waals surface area contributed by atoms with E-state index in [1.165, 1.54) is 0 Å². The first-order valence-electron chi connectivity index (χ1n) is 7.18. The number of hydrogen-bond donors (Lipinski definition) is 1. The monoisotopic (exact) mass is 352 g/mol. The van der Waals surface area contributed by atoms with Crippen LogP contribution in [0.25, 0.3) is 0 Å². The van der Waals surface area contributed by atoms with Gasteiger partial charge in [-0.15, -0.1) is 0 Å². The third-order valence-electron chi connectivity index (χ3n) is 3.57. The van der Waals surface area contributed by atoms with Crippen LogP contribution in [-0.4, -0.2) is 96.4 Å². The van der Waals surface area contributed by atoms with Gasteiger partial charge in [0.05, 0.1) is 11.3 Å². The molecule has 0 aromatic heterocycles. The van der Waals surface area contributed by atoms with Crippen LogP contribution >= 0.6 is 0 Å². The van der Waals surface area contributed by atoms with Gasteiger partial charge in [-0.25, -0.2) is 4.79 Å². The summed E-state index contributed by atoms with van der Waals surface area (Å²) in [7, 11) is 7.10. The van der Waals surface area contributed by atoms with Crippen LogP contribution in [0, 0.1) is 0 Å². The van der Waals surface area contributed by atoms with E-state index in [0.29, 0.717) is 22.5 Å². The van der Waals surface area contributed by atoms with Gasteiger partial charge in [0.1, 0.15) is 0 Å². The molecule has 2 rings (SSSR count). The summed E-state index contributed by atoms with van der Waals surface area (Å²) in [5.74, 6) is -1.25. The number of nitrogens with zero attached hydrogens (tertiary/aromatic N) is 2. The molecule has 0 saturated carbocycles. The van der Waals surface area contributed by atoms with E-state index < -0.39 is 5.97 Å². The van der Waals surface area contributed by atoms with Crippen molar-refractivity contribution in [3.8, 4) is 0 Å². The molecule has 0 aliphatic carbocycles. The number of hydrogen-bond acceptors (Lipinski definition) is 4. The predicted octanol–water partition coefficient (Wildman–Crippen LogP) is 2.10. The van der Waals surface area contributed by atoms with Crippen LogP contribution < -0.4 is 9.80 Å². The Labute approximate surface area is 184 Å². The number of anilines is 2. The number of aromatic carboxylic acids is 1. The standard InChI is InChI=1S/C18H20N2O3.K.H/c1-19(2)13-10-14(17(21)12-8-6-5-7-9-12)16(20(3)4)15(11-13)18(22)23;;/h5-11H,1-4H3,(H,22,23);;. The van der Waals surface area contributed by atoms with Crippen molar-refractivity contribution in [2.75, 3.05) is 38.0 Å². The van der Waals surface area contributed by atoms with Crippen LogP contribution in [-0.2, 0) is 0 Å². The summed E-state index contributed by atoms with van der Waals surface area (Å²) in [6.07, 6.45) is 0. The van der Waals surface area contributed by atoms with Crippen LogP contribution in [0.2, 0.25) is 0 Å². The molecular weight excluding hydrogens is 331 g/mol. The summed E-state index contributed by atoms with van der Waals surface area (Å²) in [6.45, 7) is 0. The molecule has 5 nitrogen and oxygen atoms in total. The van der Waals surface area contributed by atoms with E-state index in [-0.39, 0.29) is 62.7 Å². The summed E-state index contributed by atoms with van der Waals surface area (Å²) >= 11 is 0. The number of carbonyl (C=O) groups excluding carboxylic acids is 1. The fourth-order valence-electron chi connectivity index (χ4n) is 2.44. The number of benzene rings is 2. The Morgan fingerprint density at radius 2 is 1.42 bits per heavy atom. The van der Waals surface area contributed by atoms with Crippen LogP contribution in [0.1, 0.15) is 26.3 Å². The van der Waals surface area contributed by atoms with Crippen molar-refractivity contribution in [1.82, 2.24) is 0 Å². The van der Waals surface area contributed by atoms with Gasteiger partial charge in [-0.05, 0) is 12.1 Å². The fraction of sp³-hybridized carbons (Fsp3) is 0.222. The quantitative estimate of drug-likeness (QED) is 0.660. The van der Waals surface area contributed by atoms with Crippen LogP contribution in [0.4, 0.5) is 11.4 Å². The van der Waals surface area contributed by atoms with Crippen molar-refractivity contribution in [2.24, 2.45) is 0 Å². The first-order chi connectivity index (χ1) is 10.8. The van der Waals surface area contributed by atoms with Crippen molar-refractivity contribution < 1.29 is 14.7 Å². The summed E-state index contributed by atoms with van der Waals surface area (Å²) in [4.78, 5) is 28.0. The molecule has 6 heteroatoms. The second kappa shape index (κ2) is 8.78. The van der Waals surface area contributed by atoms with Gasteiger partial charge in [-0.3, -0.25) is 4.79 Å². The van der Waals surface area contributed by atoms with Gasteiger partial charge < -0.3 is 14.9 Å². The predicted molar refractivity (Wildman–Crippen MR) is 99.1 cm³/mol. The van der Waals surface area contributed by atoms with E-state index in [0.717, 1.165) is 0 Å². The topological polar surface area (TPSA) is 60.9 Å². The molecule has 0 fully saturated rings. The fourth-order valence-corrected chi connectivity index (χ4v) is 2.44. The third kappa shape index (κ3) is 4.46. The Morgan fingerprint density at radius 3 is 1.88 bits per heavy atom. The molecule has 1 N–H and O–H groups in total. The van der Waals surface area contributed by atoms with Gasteiger partial charge in [0, 0.05) is 45.0 Å². The van der Waals surface area contributed by atoms with E-state index in [1.54, 1.807) is 60.3 Å². The van der Waals surface area contributed by atoms with Crippen LogP contribution in [0.15, 0.2) is 42.5 Å². The van der Waals surface area contributed by atoms with E-state index in [4.69, 9.17) is 0 Å². The molecule has 0 atom stereocenters. The maximum atomic E-state index is 12.9. The third-order valence-corrected chi connectivity index (χ3v) is 3.57. The Hall–Kier alpha value is -1.18. The molecule has 0 heterocycles. The van der Waals surface area contributed by atoms with Crippen molar-refractivity contribution in [3.63, 3.8) is 0 Å². The van der Waals surface area contributed by atoms with Crippen molar-refractivity contribution >= 4 is 74.5 Å². The normalized spacial score (nSPS) is 9.83. The van der Waals surface area contributed by atoms with Crippen LogP contribution in [0.5, 0.6) is 0 Å². The molecule has 0 bridgehead atoms. The Morgan fingerprint density at radius 1 is 0.875 bits per heavy atom. The Bertz CT molecular complexity index is 743. The van der Waals surface area contributed by atoms with Gasteiger partial charge >= 0.3 is 57.4 Å². The second-order valence-corrected chi connectivity index (χ2v) is 5.68. The molecule has 0 amide bonds. The van der Waals surface area contributed by atoms with Crippen molar-refractivity contribution in [2.45, 2.75) is 0 Å². The summed E-state index contributed by atoms with van der Waals surface area (Å²) in [5, 5.41) is 9.54. The van der Waals surface area contributed by atoms with Gasteiger partial charge in [0.25, 0.3) is 0 Å². The zero-order valence-corrected chi connectivity index (χ0v) is 13.7. The van der Waals surface area contributed by atoms with Crippen molar-refractivity contribution in [3.05, 3.63) is 59.2 Å². The van der Waals surface area contributed by atoms with E-state index in [1.807, 2.05) is 20.2 Å². The number of carboxylic acids is 1.